The third-order valence-electron chi connectivity index (χ3n) is 7.64. The van der Waals surface area contributed by atoms with Crippen molar-refractivity contribution in [3.05, 3.63) is 110 Å². The van der Waals surface area contributed by atoms with Crippen molar-refractivity contribution in [1.82, 2.24) is 15.1 Å². The first-order valence-corrected chi connectivity index (χ1v) is 13.7. The molecule has 0 radical (unpaired) electrons. The third-order valence-corrected chi connectivity index (χ3v) is 8.01. The summed E-state index contributed by atoms with van der Waals surface area (Å²) in [7, 11) is 0. The van der Waals surface area contributed by atoms with Crippen LogP contribution in [0.4, 0.5) is 10.5 Å². The number of non-ortho nitro benzene ring substituents is 1. The van der Waals surface area contributed by atoms with Gasteiger partial charge in [-0.3, -0.25) is 24.6 Å². The van der Waals surface area contributed by atoms with Gasteiger partial charge in [0.15, 0.2) is 0 Å². The predicted molar refractivity (Wildman–Crippen MR) is 149 cm³/mol. The Hall–Kier alpha value is -4.24. The van der Waals surface area contributed by atoms with Gasteiger partial charge in [0.25, 0.3) is 11.6 Å². The van der Waals surface area contributed by atoms with E-state index < -0.39 is 4.92 Å². The number of nitrogens with one attached hydrogen (secondary N) is 1. The van der Waals surface area contributed by atoms with Gasteiger partial charge in [0.05, 0.1) is 17.4 Å². The first kappa shape index (κ1) is 27.3. The van der Waals surface area contributed by atoms with E-state index in [4.69, 9.17) is 11.6 Å². The molecule has 2 unspecified atom stereocenters. The van der Waals surface area contributed by atoms with Gasteiger partial charge < -0.3 is 10.2 Å². The van der Waals surface area contributed by atoms with Crippen molar-refractivity contribution in [3.8, 4) is 0 Å². The average molecular weight is 561 g/mol. The maximum Gasteiger partial charge on any atom is 0.327 e. The Morgan fingerprint density at radius 3 is 2.27 bits per heavy atom. The van der Waals surface area contributed by atoms with Gasteiger partial charge in [-0.1, -0.05) is 66.9 Å². The highest BCUT2D eigenvalue weighted by atomic mass is 35.5. The zero-order valence-electron chi connectivity index (χ0n) is 21.8. The van der Waals surface area contributed by atoms with Crippen LogP contribution in [0.1, 0.15) is 52.7 Å². The Morgan fingerprint density at radius 2 is 1.57 bits per heavy atom. The van der Waals surface area contributed by atoms with Gasteiger partial charge in [0, 0.05) is 41.9 Å². The molecule has 1 saturated carbocycles. The summed E-state index contributed by atoms with van der Waals surface area (Å²) in [5.41, 5.74) is 2.76. The molecular weight excluding hydrogens is 532 g/mol. The number of imide groups is 1. The average Bonchev–Trinajstić information content (AvgIpc) is 2.97. The number of halogens is 1. The van der Waals surface area contributed by atoms with E-state index >= 15 is 0 Å². The Kier molecular flexibility index (Phi) is 8.11. The smallest absolute Gasteiger partial charge is 0.327 e. The van der Waals surface area contributed by atoms with E-state index in [1.54, 1.807) is 47.4 Å². The van der Waals surface area contributed by atoms with E-state index in [9.17, 15) is 24.5 Å². The van der Waals surface area contributed by atoms with E-state index in [0.717, 1.165) is 36.0 Å². The molecule has 0 aromatic heterocycles. The van der Waals surface area contributed by atoms with Crippen molar-refractivity contribution >= 4 is 35.1 Å². The lowest BCUT2D eigenvalue weighted by molar-refractivity contribution is -0.384. The van der Waals surface area contributed by atoms with E-state index in [-0.39, 0.29) is 48.6 Å². The minimum Gasteiger partial charge on any atom is -0.348 e. The van der Waals surface area contributed by atoms with Gasteiger partial charge in [0.1, 0.15) is 0 Å². The number of nitro groups is 1. The zero-order valence-corrected chi connectivity index (χ0v) is 22.5. The number of benzene rings is 3. The number of amides is 4. The minimum atomic E-state index is -0.457. The minimum absolute atomic E-state index is 0.0120. The maximum absolute atomic E-state index is 13.6. The Balaban J connectivity index is 1.28. The molecule has 206 valence electrons. The molecule has 2 fully saturated rings. The fourth-order valence-electron chi connectivity index (χ4n) is 5.48. The normalized spacial score (nSPS) is 18.8. The van der Waals surface area contributed by atoms with Gasteiger partial charge >= 0.3 is 6.03 Å². The van der Waals surface area contributed by atoms with Crippen molar-refractivity contribution in [2.45, 2.75) is 51.4 Å². The monoisotopic (exact) mass is 560 g/mol. The summed E-state index contributed by atoms with van der Waals surface area (Å²) >= 11 is 6.17. The SMILES string of the molecule is O=C(NCc1ccccc1Cl)c1ccc(CN2C(=O)C3CCCCC3N(Cc3ccc([N+](=O)[O-])cc3)C2=O)cc1. The highest BCUT2D eigenvalue weighted by Crippen LogP contribution is 2.36. The molecule has 2 atom stereocenters. The summed E-state index contributed by atoms with van der Waals surface area (Å²) in [4.78, 5) is 53.3. The molecule has 10 heteroatoms. The lowest BCUT2D eigenvalue weighted by Gasteiger charge is -2.47. The van der Waals surface area contributed by atoms with E-state index in [1.165, 1.54) is 17.0 Å². The fourth-order valence-corrected chi connectivity index (χ4v) is 5.68. The first-order chi connectivity index (χ1) is 19.3. The van der Waals surface area contributed by atoms with Gasteiger partial charge in [-0.2, -0.15) is 0 Å². The number of nitro benzene ring substituents is 1. The summed E-state index contributed by atoms with van der Waals surface area (Å²) in [6, 6.07) is 19.7. The van der Waals surface area contributed by atoms with Crippen LogP contribution in [0.2, 0.25) is 5.02 Å². The fraction of sp³-hybridized carbons (Fsp3) is 0.300. The Bertz CT molecular complexity index is 1430. The number of carbonyl (C=O) groups is 3. The van der Waals surface area contributed by atoms with Gasteiger partial charge in [-0.15, -0.1) is 0 Å². The summed E-state index contributed by atoms with van der Waals surface area (Å²) in [6.07, 6.45) is 3.34. The van der Waals surface area contributed by atoms with Crippen LogP contribution >= 0.6 is 11.6 Å². The summed E-state index contributed by atoms with van der Waals surface area (Å²) in [6.45, 7) is 0.662. The molecule has 5 rings (SSSR count). The second-order valence-electron chi connectivity index (χ2n) is 10.2. The van der Waals surface area contributed by atoms with Crippen LogP contribution in [0.25, 0.3) is 0 Å². The summed E-state index contributed by atoms with van der Waals surface area (Å²) < 4.78 is 0. The Morgan fingerprint density at radius 1 is 0.925 bits per heavy atom. The highest BCUT2D eigenvalue weighted by molar-refractivity contribution is 6.31. The van der Waals surface area contributed by atoms with Gasteiger partial charge in [-0.25, -0.2) is 4.79 Å². The molecule has 2 aliphatic rings. The molecule has 40 heavy (non-hydrogen) atoms. The van der Waals surface area contributed by atoms with Crippen LogP contribution in [0, 0.1) is 16.0 Å². The molecule has 1 N–H and O–H groups in total. The molecule has 4 amide bonds. The molecule has 9 nitrogen and oxygen atoms in total. The highest BCUT2D eigenvalue weighted by Gasteiger charge is 2.46. The maximum atomic E-state index is 13.6. The lowest BCUT2D eigenvalue weighted by atomic mass is 9.81. The molecule has 0 bridgehead atoms. The quantitative estimate of drug-likeness (QED) is 0.280. The molecule has 1 aliphatic heterocycles. The van der Waals surface area contributed by atoms with Crippen LogP contribution in [0.5, 0.6) is 0 Å². The zero-order chi connectivity index (χ0) is 28.2. The van der Waals surface area contributed by atoms with Gasteiger partial charge in [-0.05, 0) is 47.7 Å². The van der Waals surface area contributed by atoms with E-state index in [1.807, 2.05) is 18.2 Å². The number of carbonyl (C=O) groups excluding carboxylic acids is 3. The summed E-state index contributed by atoms with van der Waals surface area (Å²) in [5, 5.41) is 14.5. The second-order valence-corrected chi connectivity index (χ2v) is 10.6. The van der Waals surface area contributed by atoms with Crippen LogP contribution in [0.15, 0.2) is 72.8 Å². The Labute approximate surface area is 236 Å². The third kappa shape index (κ3) is 5.84. The second kappa shape index (κ2) is 11.9. The molecule has 1 saturated heterocycles. The van der Waals surface area contributed by atoms with Crippen molar-refractivity contribution < 1.29 is 19.3 Å². The molecule has 1 aliphatic carbocycles. The van der Waals surface area contributed by atoms with Crippen LogP contribution < -0.4 is 5.32 Å². The first-order valence-electron chi connectivity index (χ1n) is 13.3. The van der Waals surface area contributed by atoms with Crippen molar-refractivity contribution in [2.24, 2.45) is 5.92 Å². The topological polar surface area (TPSA) is 113 Å². The molecule has 1 heterocycles. The number of nitrogens with zero attached hydrogens (tertiary/aromatic N) is 3. The van der Waals surface area contributed by atoms with Crippen molar-refractivity contribution in [3.63, 3.8) is 0 Å². The number of rotatable bonds is 8. The van der Waals surface area contributed by atoms with Crippen LogP contribution in [0.3, 0.4) is 0 Å². The largest absolute Gasteiger partial charge is 0.348 e. The lowest BCUT2D eigenvalue weighted by Crippen LogP contribution is -2.61. The van der Waals surface area contributed by atoms with Crippen LogP contribution in [-0.2, 0) is 24.4 Å². The number of hydrogen-bond acceptors (Lipinski definition) is 5. The molecule has 0 spiro atoms. The number of hydrogen-bond donors (Lipinski definition) is 1. The van der Waals surface area contributed by atoms with E-state index in [2.05, 4.69) is 5.32 Å². The van der Waals surface area contributed by atoms with Gasteiger partial charge in [0.2, 0.25) is 5.91 Å². The molecule has 3 aromatic rings. The van der Waals surface area contributed by atoms with Crippen molar-refractivity contribution in [1.29, 1.82) is 0 Å². The van der Waals surface area contributed by atoms with Crippen LogP contribution in [-0.4, -0.2) is 38.6 Å². The number of fused-ring (bicyclic) bond motifs is 1. The van der Waals surface area contributed by atoms with Crippen molar-refractivity contribution in [2.75, 3.05) is 0 Å². The number of urea groups is 1. The summed E-state index contributed by atoms with van der Waals surface area (Å²) in [5.74, 6) is -0.702. The molecule has 3 aromatic carbocycles. The standard InChI is InChI=1S/C30H29ClN4O5/c31-26-7-3-1-5-23(26)17-32-28(36)22-13-9-20(10-14-22)19-34-29(37)25-6-2-4-8-27(25)33(30(34)38)18-21-11-15-24(16-12-21)35(39)40/h1,3,5,7,9-16,25,27H,2,4,6,8,17-19H2,(H,32,36). The molecular formula is C30H29ClN4O5. The predicted octanol–water partition coefficient (Wildman–Crippen LogP) is 5.70. The van der Waals surface area contributed by atoms with E-state index in [0.29, 0.717) is 23.6 Å².